The van der Waals surface area contributed by atoms with Gasteiger partial charge >= 0.3 is 6.18 Å². The first-order chi connectivity index (χ1) is 11.4. The summed E-state index contributed by atoms with van der Waals surface area (Å²) in [5.41, 5.74) is -1.07. The van der Waals surface area contributed by atoms with Gasteiger partial charge in [0.05, 0.1) is 5.56 Å². The first kappa shape index (κ1) is 16.1. The molecule has 0 atom stereocenters. The standard InChI is InChI=1S/C15H9F3N4OS/c16-15(17,18)11-10(7-4-8-19-11)13(23)21-14-20-12(22-24-14)9-5-2-1-3-6-9/h1-8H,(H,20,21,22,23). The number of halogens is 3. The van der Waals surface area contributed by atoms with Gasteiger partial charge in [0.25, 0.3) is 5.91 Å². The molecule has 0 bridgehead atoms. The maximum absolute atomic E-state index is 12.9. The normalized spacial score (nSPS) is 11.3. The van der Waals surface area contributed by atoms with E-state index in [0.29, 0.717) is 5.82 Å². The molecule has 0 saturated carbocycles. The van der Waals surface area contributed by atoms with Crippen LogP contribution in [0.25, 0.3) is 11.4 Å². The minimum Gasteiger partial charge on any atom is -0.297 e. The second-order valence-corrected chi connectivity index (χ2v) is 5.39. The third-order valence-corrected chi connectivity index (χ3v) is 3.63. The lowest BCUT2D eigenvalue weighted by molar-refractivity contribution is -0.141. The minimum atomic E-state index is -4.72. The third kappa shape index (κ3) is 3.40. The van der Waals surface area contributed by atoms with Gasteiger partial charge in [-0.3, -0.25) is 15.1 Å². The lowest BCUT2D eigenvalue weighted by Gasteiger charge is -2.10. The van der Waals surface area contributed by atoms with Crippen LogP contribution in [-0.2, 0) is 6.18 Å². The average molecular weight is 350 g/mol. The van der Waals surface area contributed by atoms with E-state index in [0.717, 1.165) is 29.4 Å². The van der Waals surface area contributed by atoms with Crippen LogP contribution in [0.3, 0.4) is 0 Å². The molecule has 0 aliphatic rings. The third-order valence-electron chi connectivity index (χ3n) is 3.00. The fraction of sp³-hybridized carbons (Fsp3) is 0.0667. The molecule has 0 spiro atoms. The molecule has 0 aliphatic heterocycles. The molecule has 0 unspecified atom stereocenters. The molecule has 3 rings (SSSR count). The zero-order valence-electron chi connectivity index (χ0n) is 11.9. The number of carbonyl (C=O) groups excluding carboxylic acids is 1. The smallest absolute Gasteiger partial charge is 0.297 e. The first-order valence-electron chi connectivity index (χ1n) is 6.68. The number of benzene rings is 1. The predicted molar refractivity (Wildman–Crippen MR) is 82.5 cm³/mol. The van der Waals surface area contributed by atoms with E-state index >= 15 is 0 Å². The number of anilines is 1. The van der Waals surface area contributed by atoms with Crippen LogP contribution < -0.4 is 5.32 Å². The van der Waals surface area contributed by atoms with Crippen LogP contribution in [0.5, 0.6) is 0 Å². The Bertz CT molecular complexity index is 864. The van der Waals surface area contributed by atoms with Crippen LogP contribution in [0.2, 0.25) is 0 Å². The van der Waals surface area contributed by atoms with Crippen molar-refractivity contribution in [2.45, 2.75) is 6.18 Å². The van der Waals surface area contributed by atoms with E-state index in [1.165, 1.54) is 6.07 Å². The van der Waals surface area contributed by atoms with Crippen LogP contribution in [0.1, 0.15) is 16.1 Å². The lowest BCUT2D eigenvalue weighted by Crippen LogP contribution is -2.20. The lowest BCUT2D eigenvalue weighted by atomic mass is 10.2. The quantitative estimate of drug-likeness (QED) is 0.779. The average Bonchev–Trinajstić information content (AvgIpc) is 3.03. The molecule has 0 fully saturated rings. The second-order valence-electron chi connectivity index (χ2n) is 4.64. The second kappa shape index (κ2) is 6.36. The Hall–Kier alpha value is -2.81. The Morgan fingerprint density at radius 3 is 2.54 bits per heavy atom. The van der Waals surface area contributed by atoms with Crippen molar-refractivity contribution in [1.29, 1.82) is 0 Å². The number of rotatable bonds is 3. The summed E-state index contributed by atoms with van der Waals surface area (Å²) in [5.74, 6) is -0.552. The molecule has 1 amide bonds. The molecule has 2 aromatic heterocycles. The van der Waals surface area contributed by atoms with Crippen molar-refractivity contribution >= 4 is 22.6 Å². The summed E-state index contributed by atoms with van der Waals surface area (Å²) in [5, 5.41) is 2.43. The van der Waals surface area contributed by atoms with Crippen molar-refractivity contribution in [3.05, 3.63) is 59.9 Å². The number of amides is 1. The maximum atomic E-state index is 12.9. The van der Waals surface area contributed by atoms with Crippen molar-refractivity contribution < 1.29 is 18.0 Å². The molecular formula is C15H9F3N4OS. The summed E-state index contributed by atoms with van der Waals surface area (Å²) in [7, 11) is 0. The van der Waals surface area contributed by atoms with E-state index in [9.17, 15) is 18.0 Å². The number of hydrogen-bond donors (Lipinski definition) is 1. The summed E-state index contributed by atoms with van der Waals surface area (Å²) < 4.78 is 42.8. The maximum Gasteiger partial charge on any atom is 0.434 e. The number of nitrogens with zero attached hydrogens (tertiary/aromatic N) is 3. The highest BCUT2D eigenvalue weighted by Crippen LogP contribution is 2.30. The monoisotopic (exact) mass is 350 g/mol. The summed E-state index contributed by atoms with van der Waals surface area (Å²) in [6.45, 7) is 0. The van der Waals surface area contributed by atoms with Gasteiger partial charge < -0.3 is 0 Å². The Kier molecular flexibility index (Phi) is 4.26. The molecule has 0 radical (unpaired) electrons. The number of hydrogen-bond acceptors (Lipinski definition) is 5. The van der Waals surface area contributed by atoms with Crippen LogP contribution in [0, 0.1) is 0 Å². The number of carbonyl (C=O) groups is 1. The molecule has 9 heteroatoms. The van der Waals surface area contributed by atoms with Crippen molar-refractivity contribution in [2.24, 2.45) is 0 Å². The van der Waals surface area contributed by atoms with Crippen molar-refractivity contribution in [3.63, 3.8) is 0 Å². The largest absolute Gasteiger partial charge is 0.434 e. The number of pyridine rings is 1. The number of aromatic nitrogens is 3. The van der Waals surface area contributed by atoms with Crippen molar-refractivity contribution in [2.75, 3.05) is 5.32 Å². The highest BCUT2D eigenvalue weighted by Gasteiger charge is 2.37. The zero-order valence-corrected chi connectivity index (χ0v) is 12.7. The Morgan fingerprint density at radius 2 is 1.83 bits per heavy atom. The van der Waals surface area contributed by atoms with Gasteiger partial charge in [0, 0.05) is 23.3 Å². The molecule has 0 aliphatic carbocycles. The van der Waals surface area contributed by atoms with Crippen LogP contribution in [-0.4, -0.2) is 20.2 Å². The minimum absolute atomic E-state index is 0.107. The topological polar surface area (TPSA) is 67.8 Å². The predicted octanol–water partition coefficient (Wildman–Crippen LogP) is 3.87. The van der Waals surface area contributed by atoms with Crippen LogP contribution in [0.4, 0.5) is 18.3 Å². The summed E-state index contributed by atoms with van der Waals surface area (Å²) >= 11 is 0.886. The van der Waals surface area contributed by atoms with E-state index in [4.69, 9.17) is 0 Å². The van der Waals surface area contributed by atoms with Gasteiger partial charge in [0.2, 0.25) is 5.13 Å². The van der Waals surface area contributed by atoms with Gasteiger partial charge in [-0.2, -0.15) is 22.5 Å². The van der Waals surface area contributed by atoms with E-state index in [1.54, 1.807) is 24.3 Å². The molecule has 1 aromatic carbocycles. The molecule has 1 N–H and O–H groups in total. The molecule has 122 valence electrons. The molecule has 3 aromatic rings. The van der Waals surface area contributed by atoms with Gasteiger partial charge in [0.1, 0.15) is 0 Å². The molecule has 5 nitrogen and oxygen atoms in total. The van der Waals surface area contributed by atoms with Crippen LogP contribution in [0.15, 0.2) is 48.7 Å². The van der Waals surface area contributed by atoms with Gasteiger partial charge in [0.15, 0.2) is 11.5 Å². The molecule has 24 heavy (non-hydrogen) atoms. The van der Waals surface area contributed by atoms with E-state index in [-0.39, 0.29) is 5.13 Å². The van der Waals surface area contributed by atoms with Gasteiger partial charge in [-0.1, -0.05) is 30.3 Å². The van der Waals surface area contributed by atoms with Crippen molar-refractivity contribution in [1.82, 2.24) is 14.3 Å². The molecule has 0 saturated heterocycles. The van der Waals surface area contributed by atoms with Crippen LogP contribution >= 0.6 is 11.5 Å². The van der Waals surface area contributed by atoms with E-state index < -0.39 is 23.3 Å². The molecular weight excluding hydrogens is 341 g/mol. The fourth-order valence-electron chi connectivity index (χ4n) is 1.96. The summed E-state index contributed by atoms with van der Waals surface area (Å²) in [6.07, 6.45) is -3.73. The SMILES string of the molecule is O=C(Nc1nc(-c2ccccc2)ns1)c1cccnc1C(F)(F)F. The van der Waals surface area contributed by atoms with Gasteiger partial charge in [-0.25, -0.2) is 0 Å². The Morgan fingerprint density at radius 1 is 1.08 bits per heavy atom. The number of alkyl halides is 3. The van der Waals surface area contributed by atoms with Crippen molar-refractivity contribution in [3.8, 4) is 11.4 Å². The zero-order chi connectivity index (χ0) is 17.2. The van der Waals surface area contributed by atoms with E-state index in [2.05, 4.69) is 19.7 Å². The Balaban J connectivity index is 1.83. The number of nitrogens with one attached hydrogen (secondary N) is 1. The highest BCUT2D eigenvalue weighted by atomic mass is 32.1. The van der Waals surface area contributed by atoms with E-state index in [1.807, 2.05) is 6.07 Å². The summed E-state index contributed by atoms with van der Waals surface area (Å²) in [4.78, 5) is 19.5. The first-order valence-corrected chi connectivity index (χ1v) is 7.45. The van der Waals surface area contributed by atoms with Gasteiger partial charge in [-0.15, -0.1) is 0 Å². The Labute approximate surface area is 138 Å². The highest BCUT2D eigenvalue weighted by molar-refractivity contribution is 7.10. The summed E-state index contributed by atoms with van der Waals surface area (Å²) in [6, 6.07) is 11.3. The van der Waals surface area contributed by atoms with Gasteiger partial charge in [-0.05, 0) is 12.1 Å². The molecule has 2 heterocycles. The fourth-order valence-corrected chi connectivity index (χ4v) is 2.54.